The predicted molar refractivity (Wildman–Crippen MR) is 155 cm³/mol. The number of halogens is 2. The maximum Gasteiger partial charge on any atom is 0.328 e. The number of esters is 1. The Labute approximate surface area is 230 Å². The highest BCUT2D eigenvalue weighted by atomic mass is 35.5. The minimum absolute atomic E-state index is 0.0565. The van der Waals surface area contributed by atoms with Gasteiger partial charge in [0.15, 0.2) is 0 Å². The number of benzene rings is 1. The number of allylic oxidation sites excluding steroid dienone is 6. The van der Waals surface area contributed by atoms with Gasteiger partial charge in [0.1, 0.15) is 11.8 Å². The van der Waals surface area contributed by atoms with E-state index >= 15 is 0 Å². The van der Waals surface area contributed by atoms with E-state index in [-0.39, 0.29) is 24.4 Å². The number of carbonyl (C=O) groups is 2. The molecule has 0 aliphatic heterocycles. The van der Waals surface area contributed by atoms with Crippen molar-refractivity contribution in [3.05, 3.63) is 88.4 Å². The van der Waals surface area contributed by atoms with E-state index in [0.717, 1.165) is 24.8 Å². The molecule has 4 N–H and O–H groups in total. The number of methoxy groups -OCH3 is 1. The van der Waals surface area contributed by atoms with Crippen molar-refractivity contribution in [3.8, 4) is 0 Å². The van der Waals surface area contributed by atoms with E-state index in [0.29, 0.717) is 34.7 Å². The van der Waals surface area contributed by atoms with Gasteiger partial charge in [0.05, 0.1) is 12.9 Å². The van der Waals surface area contributed by atoms with Crippen molar-refractivity contribution in [2.24, 2.45) is 5.73 Å². The third-order valence-electron chi connectivity index (χ3n) is 5.56. The second-order valence-electron chi connectivity index (χ2n) is 8.82. The Morgan fingerprint density at radius 3 is 2.66 bits per heavy atom. The van der Waals surface area contributed by atoms with Gasteiger partial charge in [-0.05, 0) is 56.7 Å². The number of amides is 1. The molecule has 0 fully saturated rings. The lowest BCUT2D eigenvalue weighted by atomic mass is 9.99. The number of unbranched alkanes of at least 4 members (excludes halogenated alkanes) is 2. The Bertz CT molecular complexity index is 1100. The van der Waals surface area contributed by atoms with Crippen molar-refractivity contribution < 1.29 is 18.7 Å². The van der Waals surface area contributed by atoms with Gasteiger partial charge in [-0.1, -0.05) is 73.2 Å². The molecule has 0 heterocycles. The molecule has 1 amide bonds. The first-order valence-corrected chi connectivity index (χ1v) is 13.0. The molecule has 6 nitrogen and oxygen atoms in total. The van der Waals surface area contributed by atoms with Crippen LogP contribution in [0.25, 0.3) is 6.08 Å². The summed E-state index contributed by atoms with van der Waals surface area (Å²) >= 11 is 6.00. The second-order valence-corrected chi connectivity index (χ2v) is 9.25. The Morgan fingerprint density at radius 2 is 2.03 bits per heavy atom. The highest BCUT2D eigenvalue weighted by Gasteiger charge is 2.25. The predicted octanol–water partition coefficient (Wildman–Crippen LogP) is 6.98. The maximum absolute atomic E-state index is 13.5. The number of nitrogens with one attached hydrogen (secondary N) is 2. The van der Waals surface area contributed by atoms with E-state index in [1.807, 2.05) is 37.3 Å². The smallest absolute Gasteiger partial charge is 0.328 e. The molecule has 0 unspecified atom stereocenters. The Hall–Kier alpha value is -3.45. The lowest BCUT2D eigenvalue weighted by Gasteiger charge is -2.18. The summed E-state index contributed by atoms with van der Waals surface area (Å²) in [5, 5.41) is 11.6. The highest BCUT2D eigenvalue weighted by Crippen LogP contribution is 2.16. The second kappa shape index (κ2) is 17.9. The number of ether oxygens (including phenoxy) is 1. The van der Waals surface area contributed by atoms with E-state index in [2.05, 4.69) is 18.0 Å². The average molecular weight is 544 g/mol. The molecular formula is C30H39ClFN3O3. The first-order chi connectivity index (χ1) is 18.1. The van der Waals surface area contributed by atoms with E-state index in [9.17, 15) is 14.0 Å². The van der Waals surface area contributed by atoms with Gasteiger partial charge in [0, 0.05) is 29.1 Å². The van der Waals surface area contributed by atoms with E-state index < -0.39 is 17.9 Å². The van der Waals surface area contributed by atoms with Gasteiger partial charge in [0.2, 0.25) is 0 Å². The molecule has 0 saturated heterocycles. The molecule has 0 spiro atoms. The molecule has 0 aliphatic carbocycles. The van der Waals surface area contributed by atoms with Crippen LogP contribution in [0.5, 0.6) is 0 Å². The standard InChI is InChI=1S/C30H39ClFN3O3/c1-5-12-25(32)17-10-13-21(2)19-27(30(37)38-4)35-29(36)28(34)26(22(3)33)18-9-7-6-8-14-23-15-11-16-24(31)20-23/h8,10-16,20,27,34H,2,5-7,9,17-19,33H2,1,3-4H3,(H,35,36)/b13-10-,14-8-,25-12+,26-22-,34-28?/t27-/m1/s1. The SMILES string of the molecule is C=C(/C=C\C/C(F)=C\CC)C[C@@H](NC(=O)C(=N)/C(CCCC/C=C\c1cccc(Cl)c1)=C(/C)N)C(=O)OC. The largest absolute Gasteiger partial charge is 0.467 e. The molecular weight excluding hydrogens is 505 g/mol. The van der Waals surface area contributed by atoms with E-state index in [1.54, 1.807) is 19.1 Å². The zero-order valence-electron chi connectivity index (χ0n) is 22.5. The van der Waals surface area contributed by atoms with Crippen molar-refractivity contribution in [1.82, 2.24) is 5.32 Å². The fraction of sp³-hybridized carbons (Fsp3) is 0.367. The van der Waals surface area contributed by atoms with Crippen LogP contribution < -0.4 is 11.1 Å². The summed E-state index contributed by atoms with van der Waals surface area (Å²) in [6, 6.07) is 6.53. The molecule has 0 aliphatic rings. The van der Waals surface area contributed by atoms with Crippen LogP contribution in [-0.2, 0) is 14.3 Å². The summed E-state index contributed by atoms with van der Waals surface area (Å²) < 4.78 is 18.3. The van der Waals surface area contributed by atoms with Gasteiger partial charge in [0.25, 0.3) is 5.91 Å². The molecule has 0 aromatic heterocycles. The molecule has 0 radical (unpaired) electrons. The zero-order chi connectivity index (χ0) is 28.5. The number of rotatable bonds is 16. The van der Waals surface area contributed by atoms with E-state index in [1.165, 1.54) is 13.2 Å². The normalized spacial score (nSPS) is 13.3. The van der Waals surface area contributed by atoms with Crippen molar-refractivity contribution in [2.45, 2.75) is 64.8 Å². The Morgan fingerprint density at radius 1 is 1.29 bits per heavy atom. The number of hydrogen-bond acceptors (Lipinski definition) is 5. The van der Waals surface area contributed by atoms with Crippen molar-refractivity contribution in [3.63, 3.8) is 0 Å². The number of carbonyl (C=O) groups excluding carboxylic acids is 2. The van der Waals surface area contributed by atoms with Crippen LogP contribution in [0.1, 0.15) is 64.4 Å². The molecule has 38 heavy (non-hydrogen) atoms. The van der Waals surface area contributed by atoms with Gasteiger partial charge < -0.3 is 15.8 Å². The monoisotopic (exact) mass is 543 g/mol. The fourth-order valence-electron chi connectivity index (χ4n) is 3.59. The summed E-state index contributed by atoms with van der Waals surface area (Å²) in [6.07, 6.45) is 12.4. The van der Waals surface area contributed by atoms with Crippen LogP contribution in [0, 0.1) is 5.41 Å². The quantitative estimate of drug-likeness (QED) is 0.0904. The molecule has 1 aromatic rings. The molecule has 8 heteroatoms. The fourth-order valence-corrected chi connectivity index (χ4v) is 3.79. The molecule has 206 valence electrons. The van der Waals surface area contributed by atoms with Gasteiger partial charge in [-0.2, -0.15) is 0 Å². The van der Waals surface area contributed by atoms with Crippen LogP contribution in [-0.4, -0.2) is 30.7 Å². The first kappa shape index (κ1) is 32.6. The van der Waals surface area contributed by atoms with Crippen LogP contribution in [0.15, 0.2) is 77.8 Å². The van der Waals surface area contributed by atoms with Crippen LogP contribution >= 0.6 is 11.6 Å². The summed E-state index contributed by atoms with van der Waals surface area (Å²) in [5.41, 5.74) is 8.04. The third kappa shape index (κ3) is 12.7. The summed E-state index contributed by atoms with van der Waals surface area (Å²) in [4.78, 5) is 25.1. The van der Waals surface area contributed by atoms with Crippen molar-refractivity contribution in [1.29, 1.82) is 5.41 Å². The molecule has 1 atom stereocenters. The Balaban J connectivity index is 2.68. The minimum atomic E-state index is -1.04. The average Bonchev–Trinajstić information content (AvgIpc) is 2.86. The zero-order valence-corrected chi connectivity index (χ0v) is 23.2. The molecule has 0 saturated carbocycles. The molecule has 1 aromatic carbocycles. The molecule has 1 rings (SSSR count). The highest BCUT2D eigenvalue weighted by molar-refractivity contribution is 6.44. The number of hydrogen-bond donors (Lipinski definition) is 3. The van der Waals surface area contributed by atoms with Gasteiger partial charge in [-0.25, -0.2) is 9.18 Å². The summed E-state index contributed by atoms with van der Waals surface area (Å²) in [5.74, 6) is -1.65. The molecule has 0 bridgehead atoms. The van der Waals surface area contributed by atoms with Crippen LogP contribution in [0.3, 0.4) is 0 Å². The topological polar surface area (TPSA) is 105 Å². The van der Waals surface area contributed by atoms with Crippen molar-refractivity contribution >= 4 is 35.3 Å². The van der Waals surface area contributed by atoms with Crippen molar-refractivity contribution in [2.75, 3.05) is 7.11 Å². The lowest BCUT2D eigenvalue weighted by Crippen LogP contribution is -2.45. The van der Waals surface area contributed by atoms with E-state index in [4.69, 9.17) is 27.5 Å². The van der Waals surface area contributed by atoms with Gasteiger partial charge >= 0.3 is 5.97 Å². The maximum atomic E-state index is 13.5. The summed E-state index contributed by atoms with van der Waals surface area (Å²) in [6.45, 7) is 7.37. The summed E-state index contributed by atoms with van der Waals surface area (Å²) in [7, 11) is 1.21. The minimum Gasteiger partial charge on any atom is -0.467 e. The van der Waals surface area contributed by atoms with Gasteiger partial charge in [-0.3, -0.25) is 10.2 Å². The third-order valence-corrected chi connectivity index (χ3v) is 5.80. The number of nitrogens with two attached hydrogens (primary N) is 1. The van der Waals surface area contributed by atoms with Crippen LogP contribution in [0.2, 0.25) is 5.02 Å². The lowest BCUT2D eigenvalue weighted by molar-refractivity contribution is -0.144. The van der Waals surface area contributed by atoms with Crippen LogP contribution in [0.4, 0.5) is 4.39 Å². The Kier molecular flexibility index (Phi) is 15.4. The van der Waals surface area contributed by atoms with Gasteiger partial charge in [-0.15, -0.1) is 0 Å². The first-order valence-electron chi connectivity index (χ1n) is 12.6.